The van der Waals surface area contributed by atoms with Crippen molar-refractivity contribution in [3.8, 4) is 5.75 Å². The van der Waals surface area contributed by atoms with Crippen LogP contribution in [-0.4, -0.2) is 61.4 Å². The highest BCUT2D eigenvalue weighted by atomic mass is 35.5. The van der Waals surface area contributed by atoms with Crippen molar-refractivity contribution in [1.82, 2.24) is 10.0 Å². The monoisotopic (exact) mass is 706 g/mol. The smallest absolute Gasteiger partial charge is 0.327 e. The molecule has 2 aromatic rings. The van der Waals surface area contributed by atoms with Crippen molar-refractivity contribution in [2.75, 3.05) is 44.0 Å². The normalized spacial score (nSPS) is 35.7. The molecule has 2 aliphatic heterocycles. The second-order valence-corrected chi connectivity index (χ2v) is 18.0. The van der Waals surface area contributed by atoms with Gasteiger partial charge in [0.2, 0.25) is 0 Å². The molecule has 3 amide bonds. The number of carbonyl (C=O) groups excluding carboxylic acids is 2. The molecule has 8 rings (SSSR count). The van der Waals surface area contributed by atoms with E-state index in [1.54, 1.807) is 13.2 Å². The number of fused-ring (bicyclic) bond motifs is 6. The fraction of sp³-hybridized carbons (Fsp3) is 0.579. The van der Waals surface area contributed by atoms with Crippen LogP contribution in [-0.2, 0) is 20.1 Å². The minimum absolute atomic E-state index is 0.0337. The largest absolute Gasteiger partial charge is 0.490 e. The Kier molecular flexibility index (Phi) is 8.72. The number of ether oxygens (including phenoxy) is 2. The van der Waals surface area contributed by atoms with E-state index in [1.165, 1.54) is 17.5 Å². The van der Waals surface area contributed by atoms with Gasteiger partial charge < -0.3 is 19.7 Å². The lowest BCUT2D eigenvalue weighted by Crippen LogP contribution is -2.49. The zero-order chi connectivity index (χ0) is 33.9. The van der Waals surface area contributed by atoms with Gasteiger partial charge in [0.1, 0.15) is 15.7 Å². The quantitative estimate of drug-likeness (QED) is 0.337. The van der Waals surface area contributed by atoms with Gasteiger partial charge in [0.15, 0.2) is 0 Å². The van der Waals surface area contributed by atoms with Gasteiger partial charge in [-0.05, 0) is 122 Å². The molecular weight excluding hydrogens is 660 g/mol. The maximum absolute atomic E-state index is 14.3. The third-order valence-corrected chi connectivity index (χ3v) is 14.1. The zero-order valence-electron chi connectivity index (χ0n) is 28.4. The molecule has 49 heavy (non-hydrogen) atoms. The van der Waals surface area contributed by atoms with E-state index in [0.29, 0.717) is 54.7 Å². The molecule has 6 aliphatic rings. The highest BCUT2D eigenvalue weighted by Gasteiger charge is 2.54. The summed E-state index contributed by atoms with van der Waals surface area (Å²) in [4.78, 5) is 29.2. The number of methoxy groups -OCH3 is 1. The maximum Gasteiger partial charge on any atom is 0.327 e. The van der Waals surface area contributed by atoms with Crippen LogP contribution in [0.4, 0.5) is 10.5 Å². The lowest BCUT2D eigenvalue weighted by molar-refractivity contribution is 0.0131. The van der Waals surface area contributed by atoms with Crippen LogP contribution in [0.1, 0.15) is 79.3 Å². The first-order valence-electron chi connectivity index (χ1n) is 18.0. The van der Waals surface area contributed by atoms with Gasteiger partial charge in [0, 0.05) is 42.7 Å². The maximum atomic E-state index is 14.3. The van der Waals surface area contributed by atoms with E-state index in [1.807, 2.05) is 25.1 Å². The summed E-state index contributed by atoms with van der Waals surface area (Å²) in [6.45, 7) is 4.59. The van der Waals surface area contributed by atoms with Crippen LogP contribution in [0.3, 0.4) is 0 Å². The Morgan fingerprint density at radius 3 is 2.80 bits per heavy atom. The van der Waals surface area contributed by atoms with Crippen molar-refractivity contribution >= 4 is 39.1 Å². The Hall–Kier alpha value is -3.08. The number of nitrogens with one attached hydrogen (secondary N) is 2. The Labute approximate surface area is 294 Å². The number of benzene rings is 2. The van der Waals surface area contributed by atoms with Gasteiger partial charge in [0.25, 0.3) is 5.91 Å². The van der Waals surface area contributed by atoms with Gasteiger partial charge in [0.05, 0.1) is 24.2 Å². The van der Waals surface area contributed by atoms with Crippen LogP contribution in [0.5, 0.6) is 5.75 Å². The number of amides is 3. The molecule has 11 heteroatoms. The van der Waals surface area contributed by atoms with Crippen molar-refractivity contribution < 1.29 is 23.3 Å². The fourth-order valence-electron chi connectivity index (χ4n) is 8.83. The fourth-order valence-corrected chi connectivity index (χ4v) is 10.9. The first kappa shape index (κ1) is 33.1. The summed E-state index contributed by atoms with van der Waals surface area (Å²) in [5.74, 6) is 2.48. The Morgan fingerprint density at radius 2 is 2.02 bits per heavy atom. The van der Waals surface area contributed by atoms with Crippen LogP contribution in [0.25, 0.3) is 0 Å². The van der Waals surface area contributed by atoms with Crippen LogP contribution in [0.2, 0.25) is 5.02 Å². The van der Waals surface area contributed by atoms with Crippen molar-refractivity contribution in [3.05, 3.63) is 70.3 Å². The lowest BCUT2D eigenvalue weighted by atomic mass is 9.68. The van der Waals surface area contributed by atoms with E-state index in [4.69, 9.17) is 21.1 Å². The molecule has 0 saturated heterocycles. The molecule has 2 aromatic carbocycles. The molecule has 2 unspecified atom stereocenters. The number of anilines is 1. The van der Waals surface area contributed by atoms with Crippen LogP contribution in [0.15, 0.2) is 52.9 Å². The molecule has 0 aromatic heterocycles. The molecule has 2 bridgehead atoms. The average Bonchev–Trinajstić information content (AvgIpc) is 3.98. The van der Waals surface area contributed by atoms with E-state index in [2.05, 4.69) is 43.6 Å². The SMILES string of the molecule is CO[C@H]1/C=C/C[C@H](C)CS(=O)(NC(=O)NCC2CC2)=NC(=O)c2ccc3c(c2)N(C[C@@H]2CC[C@H]21)C[C@]1(CO3)C[C@@H]2CC2c2cc(Cl)ccc21. The number of allylic oxidation sites excluding steroid dienone is 1. The van der Waals surface area contributed by atoms with Gasteiger partial charge in [-0.3, -0.25) is 9.52 Å². The van der Waals surface area contributed by atoms with Gasteiger partial charge in [-0.1, -0.05) is 36.7 Å². The molecule has 8 atom stereocenters. The lowest BCUT2D eigenvalue weighted by Gasteiger charge is -2.46. The van der Waals surface area contributed by atoms with Crippen molar-refractivity contribution in [1.29, 1.82) is 0 Å². The summed E-state index contributed by atoms with van der Waals surface area (Å²) in [7, 11) is -1.65. The summed E-state index contributed by atoms with van der Waals surface area (Å²) in [6, 6.07) is 11.2. The number of urea groups is 1. The third kappa shape index (κ3) is 6.73. The Balaban J connectivity index is 1.18. The third-order valence-electron chi connectivity index (χ3n) is 11.8. The van der Waals surface area contributed by atoms with E-state index in [0.717, 1.165) is 61.7 Å². The molecule has 0 radical (unpaired) electrons. The number of hydrogen-bond acceptors (Lipinski definition) is 6. The summed E-state index contributed by atoms with van der Waals surface area (Å²) in [5.41, 5.74) is 3.63. The second kappa shape index (κ2) is 12.9. The van der Waals surface area contributed by atoms with Gasteiger partial charge >= 0.3 is 6.03 Å². The van der Waals surface area contributed by atoms with Crippen LogP contribution < -0.4 is 19.7 Å². The second-order valence-electron chi connectivity index (χ2n) is 15.6. The van der Waals surface area contributed by atoms with Crippen molar-refractivity contribution in [3.63, 3.8) is 0 Å². The van der Waals surface area contributed by atoms with Gasteiger partial charge in [-0.15, -0.1) is 4.36 Å². The van der Waals surface area contributed by atoms with E-state index in [-0.39, 0.29) is 23.2 Å². The van der Waals surface area contributed by atoms with Gasteiger partial charge in [-0.2, -0.15) is 0 Å². The highest BCUT2D eigenvalue weighted by molar-refractivity contribution is 7.92. The summed E-state index contributed by atoms with van der Waals surface area (Å²) in [5, 5.41) is 3.59. The Bertz CT molecular complexity index is 1800. The summed E-state index contributed by atoms with van der Waals surface area (Å²) in [6.07, 6.45) is 11.4. The first-order valence-corrected chi connectivity index (χ1v) is 20.0. The average molecular weight is 707 g/mol. The van der Waals surface area contributed by atoms with E-state index < -0.39 is 21.9 Å². The van der Waals surface area contributed by atoms with Crippen molar-refractivity contribution in [2.24, 2.45) is 34.0 Å². The number of nitrogens with zero attached hydrogens (tertiary/aromatic N) is 2. The molecule has 1 spiro atoms. The van der Waals surface area contributed by atoms with Crippen LogP contribution >= 0.6 is 11.6 Å². The molecule has 4 aliphatic carbocycles. The number of halogens is 1. The van der Waals surface area contributed by atoms with E-state index >= 15 is 0 Å². The number of carbonyl (C=O) groups is 2. The standard InChI is InChI=1S/C38H47ClN4O5S/c1-23-4-3-5-34(47-2)29-11-8-26(29)19-43-21-38(17-27-14-30(27)31-16-28(39)10-12-32(31)38)22-48-35-13-9-25(15-33(35)43)36(44)41-49(46,20-23)42-37(45)40-18-24-6-7-24/h3,5,9-10,12-13,15-16,23-24,26-27,29-30,34H,4,6-8,11,14,17-22H2,1-2H3,(H2,40,41,42,44,45,46)/b5-3+/t23-,26-,27-,29+,30?,34-,38-,49?/m0/s1. The zero-order valence-corrected chi connectivity index (χ0v) is 29.9. The molecule has 2 N–H and O–H groups in total. The molecule has 2 heterocycles. The molecular formula is C38H47ClN4O5S. The van der Waals surface area contributed by atoms with Crippen molar-refractivity contribution in [2.45, 2.75) is 69.3 Å². The minimum atomic E-state index is -3.43. The minimum Gasteiger partial charge on any atom is -0.490 e. The molecule has 262 valence electrons. The summed E-state index contributed by atoms with van der Waals surface area (Å²) >= 11 is 6.53. The summed E-state index contributed by atoms with van der Waals surface area (Å²) < 4.78 is 33.9. The topological polar surface area (TPSA) is 109 Å². The van der Waals surface area contributed by atoms with E-state index in [9.17, 15) is 13.8 Å². The Morgan fingerprint density at radius 1 is 1.16 bits per heavy atom. The highest BCUT2D eigenvalue weighted by Crippen LogP contribution is 2.61. The predicted octanol–water partition coefficient (Wildman–Crippen LogP) is 6.85. The number of hydrogen-bond donors (Lipinski definition) is 2. The van der Waals surface area contributed by atoms with Gasteiger partial charge in [-0.25, -0.2) is 9.00 Å². The molecule has 3 saturated carbocycles. The first-order chi connectivity index (χ1) is 23.6. The number of rotatable bonds is 4. The molecule has 9 nitrogen and oxygen atoms in total. The van der Waals surface area contributed by atoms with Crippen LogP contribution in [0, 0.1) is 29.6 Å². The molecule has 3 fully saturated rings. The predicted molar refractivity (Wildman–Crippen MR) is 192 cm³/mol.